The Bertz CT molecular complexity index is 483. The molecular weight excluding hydrogens is 186 g/mol. The van der Waals surface area contributed by atoms with Gasteiger partial charge in [0.25, 0.3) is 0 Å². The number of hydrogen-bond donors (Lipinski definition) is 0. The van der Waals surface area contributed by atoms with E-state index in [1.54, 1.807) is 0 Å². The van der Waals surface area contributed by atoms with Gasteiger partial charge in [0.1, 0.15) is 12.2 Å². The molecule has 2 aromatic rings. The van der Waals surface area contributed by atoms with Crippen molar-refractivity contribution in [1.82, 2.24) is 14.4 Å². The summed E-state index contributed by atoms with van der Waals surface area (Å²) in [5, 5.41) is 0. The van der Waals surface area contributed by atoms with E-state index in [-0.39, 0.29) is 0 Å². The van der Waals surface area contributed by atoms with Gasteiger partial charge >= 0.3 is 0 Å². The number of fused-ring (bicyclic) bond motifs is 1. The molecule has 2 heterocycles. The Morgan fingerprint density at radius 2 is 2.13 bits per heavy atom. The molecule has 0 bridgehead atoms. The lowest BCUT2D eigenvalue weighted by molar-refractivity contribution is 0.809. The molecule has 0 fully saturated rings. The lowest BCUT2D eigenvalue weighted by Gasteiger charge is -2.05. The molecule has 0 aliphatic heterocycles. The van der Waals surface area contributed by atoms with Gasteiger partial charge in [-0.15, -0.1) is 0 Å². The number of aromatic nitrogens is 3. The highest BCUT2D eigenvalue weighted by atomic mass is 15.1. The van der Waals surface area contributed by atoms with Gasteiger partial charge in [0.15, 0.2) is 0 Å². The summed E-state index contributed by atoms with van der Waals surface area (Å²) in [6, 6.07) is 2.16. The molecule has 0 radical (unpaired) electrons. The van der Waals surface area contributed by atoms with E-state index >= 15 is 0 Å². The van der Waals surface area contributed by atoms with Crippen molar-refractivity contribution in [3.05, 3.63) is 29.6 Å². The Morgan fingerprint density at radius 1 is 1.40 bits per heavy atom. The zero-order chi connectivity index (χ0) is 11.0. The third-order valence-electron chi connectivity index (χ3n) is 2.73. The van der Waals surface area contributed by atoms with Gasteiger partial charge in [-0.25, -0.2) is 9.97 Å². The van der Waals surface area contributed by atoms with Gasteiger partial charge in [-0.05, 0) is 25.3 Å². The summed E-state index contributed by atoms with van der Waals surface area (Å²) < 4.78 is 2.06. The zero-order valence-electron chi connectivity index (χ0n) is 9.78. The maximum Gasteiger partial charge on any atom is 0.111 e. The molecule has 2 rings (SSSR count). The van der Waals surface area contributed by atoms with Crippen LogP contribution < -0.4 is 0 Å². The van der Waals surface area contributed by atoms with Crippen LogP contribution in [0.5, 0.6) is 0 Å². The van der Waals surface area contributed by atoms with Gasteiger partial charge in [0.2, 0.25) is 0 Å². The molecule has 0 atom stereocenters. The summed E-state index contributed by atoms with van der Waals surface area (Å²) in [6.45, 7) is 8.47. The highest BCUT2D eigenvalue weighted by Crippen LogP contribution is 2.18. The molecule has 3 heteroatoms. The fourth-order valence-corrected chi connectivity index (χ4v) is 1.80. The zero-order valence-corrected chi connectivity index (χ0v) is 9.78. The fourth-order valence-electron chi connectivity index (χ4n) is 1.80. The smallest absolute Gasteiger partial charge is 0.111 e. The lowest BCUT2D eigenvalue weighted by atomic mass is 10.1. The number of rotatable bonds is 2. The van der Waals surface area contributed by atoms with Gasteiger partial charge in [-0.3, -0.25) is 4.40 Å². The average Bonchev–Trinajstić information content (AvgIpc) is 2.55. The van der Waals surface area contributed by atoms with E-state index in [0.29, 0.717) is 5.92 Å². The van der Waals surface area contributed by atoms with E-state index in [4.69, 9.17) is 0 Å². The Labute approximate surface area is 90.2 Å². The highest BCUT2D eigenvalue weighted by Gasteiger charge is 2.09. The van der Waals surface area contributed by atoms with Crippen LogP contribution in [0.2, 0.25) is 0 Å². The van der Waals surface area contributed by atoms with Crippen molar-refractivity contribution in [3.63, 3.8) is 0 Å². The molecule has 0 saturated carbocycles. The molecule has 2 aromatic heterocycles. The van der Waals surface area contributed by atoms with Gasteiger partial charge < -0.3 is 0 Å². The van der Waals surface area contributed by atoms with Crippen LogP contribution in [0.25, 0.3) is 5.52 Å². The Morgan fingerprint density at radius 3 is 2.73 bits per heavy atom. The standard InChI is InChI=1S/C12H17N3/c1-5-10-12-6-11(8(2)3)13-7-15(12)9(4)14-10/h6-8H,5H2,1-4H3. The summed E-state index contributed by atoms with van der Waals surface area (Å²) in [6.07, 6.45) is 2.85. The second kappa shape index (κ2) is 3.65. The predicted molar refractivity (Wildman–Crippen MR) is 61.2 cm³/mol. The molecule has 0 aromatic carbocycles. The summed E-state index contributed by atoms with van der Waals surface area (Å²) in [4.78, 5) is 8.97. The van der Waals surface area contributed by atoms with Crippen LogP contribution in [-0.2, 0) is 6.42 Å². The van der Waals surface area contributed by atoms with E-state index in [9.17, 15) is 0 Å². The summed E-state index contributed by atoms with van der Waals surface area (Å²) >= 11 is 0. The summed E-state index contributed by atoms with van der Waals surface area (Å²) in [5.41, 5.74) is 3.50. The van der Waals surface area contributed by atoms with Crippen molar-refractivity contribution in [3.8, 4) is 0 Å². The molecule has 0 unspecified atom stereocenters. The van der Waals surface area contributed by atoms with Crippen molar-refractivity contribution >= 4 is 5.52 Å². The fraction of sp³-hybridized carbons (Fsp3) is 0.500. The molecule has 0 spiro atoms. The Kier molecular flexibility index (Phi) is 2.47. The number of nitrogens with zero attached hydrogens (tertiary/aromatic N) is 3. The minimum absolute atomic E-state index is 0.468. The SMILES string of the molecule is CCc1nc(C)n2cnc(C(C)C)cc12. The van der Waals surface area contributed by atoms with Crippen LogP contribution in [0.1, 0.15) is 43.9 Å². The maximum atomic E-state index is 4.53. The predicted octanol–water partition coefficient (Wildman–Crippen LogP) is 2.72. The maximum absolute atomic E-state index is 4.53. The van der Waals surface area contributed by atoms with Gasteiger partial charge in [0.05, 0.1) is 11.2 Å². The number of imidazole rings is 1. The van der Waals surface area contributed by atoms with Crippen LogP contribution in [0.4, 0.5) is 0 Å². The molecule has 3 nitrogen and oxygen atoms in total. The van der Waals surface area contributed by atoms with E-state index in [1.165, 1.54) is 5.52 Å². The first-order valence-corrected chi connectivity index (χ1v) is 5.47. The van der Waals surface area contributed by atoms with Crippen molar-refractivity contribution < 1.29 is 0 Å². The van der Waals surface area contributed by atoms with Crippen molar-refractivity contribution in [2.45, 2.75) is 40.0 Å². The number of aryl methyl sites for hydroxylation is 2. The third-order valence-corrected chi connectivity index (χ3v) is 2.73. The van der Waals surface area contributed by atoms with E-state index < -0.39 is 0 Å². The van der Waals surface area contributed by atoms with Crippen LogP contribution in [0, 0.1) is 6.92 Å². The van der Waals surface area contributed by atoms with Crippen LogP contribution in [-0.4, -0.2) is 14.4 Å². The van der Waals surface area contributed by atoms with Gasteiger partial charge in [0, 0.05) is 5.69 Å². The average molecular weight is 203 g/mol. The van der Waals surface area contributed by atoms with Crippen molar-refractivity contribution in [1.29, 1.82) is 0 Å². The lowest BCUT2D eigenvalue weighted by Crippen LogP contribution is -1.97. The number of hydrogen-bond acceptors (Lipinski definition) is 2. The molecule has 0 amide bonds. The molecule has 0 aliphatic carbocycles. The highest BCUT2D eigenvalue weighted by molar-refractivity contribution is 5.54. The van der Waals surface area contributed by atoms with Crippen molar-refractivity contribution in [2.24, 2.45) is 0 Å². The minimum Gasteiger partial charge on any atom is -0.287 e. The first-order chi connectivity index (χ1) is 7.13. The molecule has 0 N–H and O–H groups in total. The van der Waals surface area contributed by atoms with E-state index in [1.807, 2.05) is 13.3 Å². The van der Waals surface area contributed by atoms with Crippen LogP contribution in [0.3, 0.4) is 0 Å². The van der Waals surface area contributed by atoms with Crippen LogP contribution in [0.15, 0.2) is 12.4 Å². The Balaban J connectivity index is 2.68. The van der Waals surface area contributed by atoms with Crippen LogP contribution >= 0.6 is 0 Å². The second-order valence-corrected chi connectivity index (χ2v) is 4.18. The van der Waals surface area contributed by atoms with E-state index in [0.717, 1.165) is 23.6 Å². The quantitative estimate of drug-likeness (QED) is 0.751. The molecule has 15 heavy (non-hydrogen) atoms. The first kappa shape index (κ1) is 10.1. The van der Waals surface area contributed by atoms with Crippen molar-refractivity contribution in [2.75, 3.05) is 0 Å². The third kappa shape index (κ3) is 1.62. The molecule has 0 saturated heterocycles. The van der Waals surface area contributed by atoms with Gasteiger partial charge in [-0.1, -0.05) is 20.8 Å². The summed E-state index contributed by atoms with van der Waals surface area (Å²) in [7, 11) is 0. The van der Waals surface area contributed by atoms with Gasteiger partial charge in [-0.2, -0.15) is 0 Å². The Hall–Kier alpha value is -1.38. The monoisotopic (exact) mass is 203 g/mol. The second-order valence-electron chi connectivity index (χ2n) is 4.18. The molecule has 0 aliphatic rings. The molecular formula is C12H17N3. The minimum atomic E-state index is 0.468. The normalized spacial score (nSPS) is 11.5. The first-order valence-electron chi connectivity index (χ1n) is 5.47. The van der Waals surface area contributed by atoms with E-state index in [2.05, 4.69) is 41.2 Å². The summed E-state index contributed by atoms with van der Waals surface area (Å²) in [5.74, 6) is 1.49. The largest absolute Gasteiger partial charge is 0.287 e. The topological polar surface area (TPSA) is 30.2 Å². The molecule has 80 valence electrons.